The molecule has 1 aliphatic heterocycles. The van der Waals surface area contributed by atoms with Crippen molar-refractivity contribution in [3.8, 4) is 0 Å². The number of hydrogen-bond donors (Lipinski definition) is 2. The maximum Gasteiger partial charge on any atom is 0.317 e. The van der Waals surface area contributed by atoms with E-state index in [-0.39, 0.29) is 23.7 Å². The highest BCUT2D eigenvalue weighted by Gasteiger charge is 2.26. The van der Waals surface area contributed by atoms with Crippen LogP contribution >= 0.6 is 0 Å². The number of amides is 2. The molecule has 1 aromatic carbocycles. The zero-order chi connectivity index (χ0) is 18.0. The molecule has 7 nitrogen and oxygen atoms in total. The third-order valence-corrected chi connectivity index (χ3v) is 5.52. The van der Waals surface area contributed by atoms with Gasteiger partial charge in [0.05, 0.1) is 11.8 Å². The van der Waals surface area contributed by atoms with Crippen molar-refractivity contribution in [1.82, 2.24) is 10.2 Å². The fourth-order valence-corrected chi connectivity index (χ4v) is 4.19. The fraction of sp³-hybridized carbons (Fsp3) is 0.471. The molecule has 0 saturated carbocycles. The SMILES string of the molecule is C[C@@H](NC(=O)N1CCC(CS(N)(=O)=O)CC1)c1cc2ccccc2o1. The molecule has 3 rings (SSSR count). The molecule has 0 unspecified atom stereocenters. The lowest BCUT2D eigenvalue weighted by Gasteiger charge is -2.32. The largest absolute Gasteiger partial charge is 0.459 e. The molecule has 3 N–H and O–H groups in total. The first-order valence-corrected chi connectivity index (χ1v) is 10.1. The second-order valence-electron chi connectivity index (χ2n) is 6.62. The summed E-state index contributed by atoms with van der Waals surface area (Å²) >= 11 is 0. The van der Waals surface area contributed by atoms with Gasteiger partial charge in [0.25, 0.3) is 0 Å². The average Bonchev–Trinajstić information content (AvgIpc) is 2.98. The minimum absolute atomic E-state index is 0.0160. The Balaban J connectivity index is 1.55. The Morgan fingerprint density at radius 1 is 1.36 bits per heavy atom. The van der Waals surface area contributed by atoms with E-state index in [2.05, 4.69) is 5.32 Å². The van der Waals surface area contributed by atoms with Gasteiger partial charge >= 0.3 is 6.03 Å². The quantitative estimate of drug-likeness (QED) is 0.866. The number of nitrogens with two attached hydrogens (primary N) is 1. The number of fused-ring (bicyclic) bond motifs is 1. The molecule has 0 bridgehead atoms. The third-order valence-electron chi connectivity index (χ3n) is 4.58. The number of hydrogen-bond acceptors (Lipinski definition) is 4. The Bertz CT molecular complexity index is 821. The van der Waals surface area contributed by atoms with E-state index in [1.807, 2.05) is 37.3 Å². The van der Waals surface area contributed by atoms with Crippen LogP contribution in [0.5, 0.6) is 0 Å². The van der Waals surface area contributed by atoms with E-state index >= 15 is 0 Å². The lowest BCUT2D eigenvalue weighted by Crippen LogP contribution is -2.46. The zero-order valence-corrected chi connectivity index (χ0v) is 15.0. The molecule has 25 heavy (non-hydrogen) atoms. The van der Waals surface area contributed by atoms with E-state index in [9.17, 15) is 13.2 Å². The van der Waals surface area contributed by atoms with Crippen molar-refractivity contribution in [1.29, 1.82) is 0 Å². The normalized spacial score (nSPS) is 17.6. The summed E-state index contributed by atoms with van der Waals surface area (Å²) in [4.78, 5) is 14.1. The number of carbonyl (C=O) groups is 1. The molecule has 1 aliphatic rings. The molecule has 0 radical (unpaired) electrons. The molecule has 2 heterocycles. The van der Waals surface area contributed by atoms with Crippen molar-refractivity contribution in [3.63, 3.8) is 0 Å². The van der Waals surface area contributed by atoms with E-state index in [1.54, 1.807) is 4.90 Å². The van der Waals surface area contributed by atoms with Crippen molar-refractivity contribution >= 4 is 27.0 Å². The Morgan fingerprint density at radius 3 is 2.68 bits per heavy atom. The molecule has 1 aromatic heterocycles. The number of carbonyl (C=O) groups excluding carboxylic acids is 1. The molecule has 1 saturated heterocycles. The number of sulfonamides is 1. The maximum atomic E-state index is 12.4. The molecular formula is C17H23N3O4S. The zero-order valence-electron chi connectivity index (χ0n) is 14.1. The Labute approximate surface area is 147 Å². The number of nitrogens with zero attached hydrogens (tertiary/aromatic N) is 1. The molecule has 136 valence electrons. The first-order chi connectivity index (χ1) is 11.8. The van der Waals surface area contributed by atoms with Crippen LogP contribution in [0.1, 0.15) is 31.6 Å². The number of urea groups is 1. The van der Waals surface area contributed by atoms with E-state index in [0.717, 1.165) is 11.0 Å². The molecule has 2 aromatic rings. The van der Waals surface area contributed by atoms with E-state index in [0.29, 0.717) is 31.7 Å². The van der Waals surface area contributed by atoms with Gasteiger partial charge < -0.3 is 14.6 Å². The van der Waals surface area contributed by atoms with Gasteiger partial charge in [-0.25, -0.2) is 18.4 Å². The van der Waals surface area contributed by atoms with Gasteiger partial charge in [-0.05, 0) is 37.8 Å². The van der Waals surface area contributed by atoms with Crippen LogP contribution in [0.3, 0.4) is 0 Å². The van der Waals surface area contributed by atoms with Gasteiger partial charge in [-0.1, -0.05) is 18.2 Å². The van der Waals surface area contributed by atoms with Crippen LogP contribution in [0.25, 0.3) is 11.0 Å². The Hall–Kier alpha value is -2.06. The molecule has 0 aliphatic carbocycles. The number of likely N-dealkylation sites (tertiary alicyclic amines) is 1. The van der Waals surface area contributed by atoms with Crippen LogP contribution in [0.2, 0.25) is 0 Å². The minimum atomic E-state index is -3.46. The summed E-state index contributed by atoms with van der Waals surface area (Å²) in [6.45, 7) is 2.93. The number of piperidine rings is 1. The van der Waals surface area contributed by atoms with Gasteiger partial charge in [-0.2, -0.15) is 0 Å². The standard InChI is InChI=1S/C17H23N3O4S/c1-12(16-10-14-4-2-3-5-15(14)24-16)19-17(21)20-8-6-13(7-9-20)11-25(18,22)23/h2-5,10,12-13H,6-9,11H2,1H3,(H,19,21)(H2,18,22,23)/t12-/m1/s1. The summed E-state index contributed by atoms with van der Waals surface area (Å²) in [6, 6.07) is 9.22. The number of para-hydroxylation sites is 1. The number of rotatable bonds is 4. The van der Waals surface area contributed by atoms with Crippen LogP contribution in [-0.4, -0.2) is 38.2 Å². The lowest BCUT2D eigenvalue weighted by atomic mass is 9.99. The molecule has 8 heteroatoms. The molecule has 1 fully saturated rings. The number of furan rings is 1. The van der Waals surface area contributed by atoms with E-state index in [1.165, 1.54) is 0 Å². The van der Waals surface area contributed by atoms with Crippen molar-refractivity contribution in [2.75, 3.05) is 18.8 Å². The van der Waals surface area contributed by atoms with Crippen LogP contribution in [0.15, 0.2) is 34.7 Å². The van der Waals surface area contributed by atoms with Crippen LogP contribution in [0, 0.1) is 5.92 Å². The van der Waals surface area contributed by atoms with Gasteiger partial charge in [0.2, 0.25) is 10.0 Å². The summed E-state index contributed by atoms with van der Waals surface area (Å²) < 4.78 is 28.1. The number of nitrogens with one attached hydrogen (secondary N) is 1. The summed E-state index contributed by atoms with van der Waals surface area (Å²) in [5.41, 5.74) is 0.794. The van der Waals surface area contributed by atoms with E-state index in [4.69, 9.17) is 9.56 Å². The van der Waals surface area contributed by atoms with E-state index < -0.39 is 10.0 Å². The predicted octanol–water partition coefficient (Wildman–Crippen LogP) is 2.20. The molecule has 2 amide bonds. The summed E-state index contributed by atoms with van der Waals surface area (Å²) in [7, 11) is -3.46. The number of benzene rings is 1. The monoisotopic (exact) mass is 365 g/mol. The van der Waals surface area contributed by atoms with Crippen molar-refractivity contribution in [3.05, 3.63) is 36.1 Å². The predicted molar refractivity (Wildman–Crippen MR) is 95.4 cm³/mol. The molecular weight excluding hydrogens is 342 g/mol. The fourth-order valence-electron chi connectivity index (χ4n) is 3.19. The van der Waals surface area contributed by atoms with Crippen molar-refractivity contribution in [2.45, 2.75) is 25.8 Å². The Morgan fingerprint density at radius 2 is 2.04 bits per heavy atom. The van der Waals surface area contributed by atoms with Gasteiger partial charge in [0.15, 0.2) is 0 Å². The second kappa shape index (κ2) is 7.05. The summed E-state index contributed by atoms with van der Waals surface area (Å²) in [6.07, 6.45) is 1.28. The molecule has 1 atom stereocenters. The van der Waals surface area contributed by atoms with Crippen LogP contribution in [0.4, 0.5) is 4.79 Å². The summed E-state index contributed by atoms with van der Waals surface area (Å²) in [5.74, 6) is 0.711. The highest BCUT2D eigenvalue weighted by Crippen LogP contribution is 2.24. The highest BCUT2D eigenvalue weighted by atomic mass is 32.2. The van der Waals surface area contributed by atoms with Gasteiger partial charge in [0.1, 0.15) is 11.3 Å². The molecule has 0 spiro atoms. The summed E-state index contributed by atoms with van der Waals surface area (Å²) in [5, 5.41) is 9.03. The third kappa shape index (κ3) is 4.52. The van der Waals surface area contributed by atoms with Gasteiger partial charge in [0, 0.05) is 18.5 Å². The average molecular weight is 365 g/mol. The number of primary sulfonamides is 1. The first-order valence-electron chi connectivity index (χ1n) is 8.36. The smallest absolute Gasteiger partial charge is 0.317 e. The van der Waals surface area contributed by atoms with Gasteiger partial charge in [-0.3, -0.25) is 0 Å². The minimum Gasteiger partial charge on any atom is -0.459 e. The maximum absolute atomic E-state index is 12.4. The first kappa shape index (κ1) is 17.8. The lowest BCUT2D eigenvalue weighted by molar-refractivity contribution is 0.170. The van der Waals surface area contributed by atoms with Crippen LogP contribution in [-0.2, 0) is 10.0 Å². The van der Waals surface area contributed by atoms with Crippen molar-refractivity contribution in [2.24, 2.45) is 11.1 Å². The van der Waals surface area contributed by atoms with Crippen LogP contribution < -0.4 is 10.5 Å². The Kier molecular flexibility index (Phi) is 5.01. The van der Waals surface area contributed by atoms with Gasteiger partial charge in [-0.15, -0.1) is 0 Å². The topological polar surface area (TPSA) is 106 Å². The highest BCUT2D eigenvalue weighted by molar-refractivity contribution is 7.89. The van der Waals surface area contributed by atoms with Crippen molar-refractivity contribution < 1.29 is 17.6 Å². The second-order valence-corrected chi connectivity index (χ2v) is 8.28.